The van der Waals surface area contributed by atoms with Gasteiger partial charge in [0.05, 0.1) is 11.0 Å². The van der Waals surface area contributed by atoms with Crippen LogP contribution in [0.25, 0.3) is 16.7 Å². The molecular weight excluding hydrogens is 239 g/mol. The molecule has 90 valence electrons. The number of thioether (sulfide) groups is 1. The first kappa shape index (κ1) is 12.0. The fourth-order valence-electron chi connectivity index (χ4n) is 1.87. The highest BCUT2D eigenvalue weighted by Crippen LogP contribution is 2.18. The van der Waals surface area contributed by atoms with Gasteiger partial charge in [-0.15, -0.1) is 11.8 Å². The molecule has 3 nitrogen and oxygen atoms in total. The maximum Gasteiger partial charge on any atom is 0.333 e. The molecule has 1 aromatic carbocycles. The Kier molecular flexibility index (Phi) is 3.11. The summed E-state index contributed by atoms with van der Waals surface area (Å²) in [6.45, 7) is 1.86. The third-order valence-electron chi connectivity index (χ3n) is 2.66. The maximum absolute atomic E-state index is 13.2. The summed E-state index contributed by atoms with van der Waals surface area (Å²) in [5.74, 6) is -0.336. The molecule has 0 saturated heterocycles. The van der Waals surface area contributed by atoms with Gasteiger partial charge in [-0.1, -0.05) is 0 Å². The van der Waals surface area contributed by atoms with Gasteiger partial charge in [0.15, 0.2) is 0 Å². The summed E-state index contributed by atoms with van der Waals surface area (Å²) < 4.78 is 16.2. The smallest absolute Gasteiger partial charge is 0.295 e. The quantitative estimate of drug-likeness (QED) is 0.821. The van der Waals surface area contributed by atoms with E-state index in [1.54, 1.807) is 17.7 Å². The number of aromatic nitrogens is 2. The summed E-state index contributed by atoms with van der Waals surface area (Å²) in [6.07, 6.45) is 1.93. The number of halogens is 1. The molecular formula is C12H13FN2OS. The summed E-state index contributed by atoms with van der Waals surface area (Å²) in [5.41, 5.74) is 2.00. The Labute approximate surface area is 103 Å². The van der Waals surface area contributed by atoms with Crippen LogP contribution in [-0.2, 0) is 7.05 Å². The molecule has 0 unspecified atom stereocenters. The van der Waals surface area contributed by atoms with Gasteiger partial charge in [-0.2, -0.15) is 0 Å². The molecule has 0 atom stereocenters. The fourth-order valence-corrected chi connectivity index (χ4v) is 2.32. The predicted molar refractivity (Wildman–Crippen MR) is 70.6 cm³/mol. The van der Waals surface area contributed by atoms with Gasteiger partial charge in [0.1, 0.15) is 5.82 Å². The second kappa shape index (κ2) is 4.41. The molecule has 17 heavy (non-hydrogen) atoms. The van der Waals surface area contributed by atoms with Crippen LogP contribution in [0.15, 0.2) is 28.4 Å². The minimum absolute atomic E-state index is 0.159. The second-order valence-corrected chi connectivity index (χ2v) is 4.51. The van der Waals surface area contributed by atoms with Crippen molar-refractivity contribution in [2.45, 2.75) is 6.92 Å². The van der Waals surface area contributed by atoms with Crippen LogP contribution >= 0.6 is 11.8 Å². The molecule has 1 aromatic heterocycles. The Bertz CT molecular complexity index is 654. The number of fused-ring (bicyclic) bond motifs is 1. The van der Waals surface area contributed by atoms with Gasteiger partial charge >= 0.3 is 5.69 Å². The molecule has 2 rings (SSSR count). The van der Waals surface area contributed by atoms with E-state index >= 15 is 0 Å². The summed E-state index contributed by atoms with van der Waals surface area (Å²) in [7, 11) is 1.65. The topological polar surface area (TPSA) is 26.9 Å². The Hall–Kier alpha value is -1.49. The van der Waals surface area contributed by atoms with Crippen molar-refractivity contribution in [3.8, 4) is 0 Å². The van der Waals surface area contributed by atoms with Crippen molar-refractivity contribution < 1.29 is 4.39 Å². The van der Waals surface area contributed by atoms with Crippen LogP contribution < -0.4 is 5.69 Å². The Balaban J connectivity index is 2.85. The number of aryl methyl sites for hydroxylation is 1. The number of hydrogen-bond acceptors (Lipinski definition) is 2. The number of benzene rings is 1. The highest BCUT2D eigenvalue weighted by Gasteiger charge is 2.12. The number of rotatable bonds is 2. The highest BCUT2D eigenvalue weighted by molar-refractivity contribution is 8.01. The largest absolute Gasteiger partial charge is 0.333 e. The van der Waals surface area contributed by atoms with Crippen molar-refractivity contribution in [1.82, 2.24) is 9.13 Å². The summed E-state index contributed by atoms with van der Waals surface area (Å²) in [5, 5.41) is 1.89. The lowest BCUT2D eigenvalue weighted by Crippen LogP contribution is -2.20. The average molecular weight is 252 g/mol. The molecule has 5 heteroatoms. The molecule has 0 N–H and O–H groups in total. The fraction of sp³-hybridized carbons (Fsp3) is 0.250. The zero-order valence-electron chi connectivity index (χ0n) is 9.90. The van der Waals surface area contributed by atoms with Gasteiger partial charge in [-0.05, 0) is 36.8 Å². The molecule has 0 aliphatic carbocycles. The van der Waals surface area contributed by atoms with Crippen LogP contribution in [0, 0.1) is 5.82 Å². The number of imidazole rings is 1. The summed E-state index contributed by atoms with van der Waals surface area (Å²) in [4.78, 5) is 12.1. The standard InChI is InChI=1S/C12H13FN2OS/c1-8(7-17-3)15-10-5-4-9(13)6-11(10)14(2)12(15)16/h4-7H,1-3H3/b8-7+. The first-order chi connectivity index (χ1) is 8.06. The van der Waals surface area contributed by atoms with Gasteiger partial charge < -0.3 is 0 Å². The van der Waals surface area contributed by atoms with E-state index in [1.807, 2.05) is 18.6 Å². The first-order valence-corrected chi connectivity index (χ1v) is 6.42. The zero-order chi connectivity index (χ0) is 12.6. The summed E-state index contributed by atoms with van der Waals surface area (Å²) >= 11 is 1.53. The van der Waals surface area contributed by atoms with Crippen LogP contribution in [0.1, 0.15) is 6.92 Å². The third kappa shape index (κ3) is 1.91. The lowest BCUT2D eigenvalue weighted by Gasteiger charge is -2.02. The summed E-state index contributed by atoms with van der Waals surface area (Å²) in [6, 6.07) is 4.37. The maximum atomic E-state index is 13.2. The lowest BCUT2D eigenvalue weighted by atomic mass is 10.3. The lowest BCUT2D eigenvalue weighted by molar-refractivity contribution is 0.628. The molecule has 0 bridgehead atoms. The monoisotopic (exact) mass is 252 g/mol. The molecule has 2 aromatic rings. The normalized spacial score (nSPS) is 12.4. The zero-order valence-corrected chi connectivity index (χ0v) is 10.7. The van der Waals surface area contributed by atoms with E-state index in [0.29, 0.717) is 5.52 Å². The Morgan fingerprint density at radius 3 is 2.76 bits per heavy atom. The molecule has 0 aliphatic heterocycles. The van der Waals surface area contributed by atoms with Crippen LogP contribution in [0.2, 0.25) is 0 Å². The van der Waals surface area contributed by atoms with Crippen molar-refractivity contribution in [2.75, 3.05) is 6.26 Å². The van der Waals surface area contributed by atoms with E-state index in [4.69, 9.17) is 0 Å². The average Bonchev–Trinajstić information content (AvgIpc) is 2.53. The molecule has 0 aliphatic rings. The van der Waals surface area contributed by atoms with Gasteiger partial charge in [0.25, 0.3) is 0 Å². The number of allylic oxidation sites excluding steroid dienone is 1. The van der Waals surface area contributed by atoms with E-state index in [0.717, 1.165) is 11.2 Å². The highest BCUT2D eigenvalue weighted by atomic mass is 32.2. The van der Waals surface area contributed by atoms with Crippen LogP contribution in [-0.4, -0.2) is 15.4 Å². The van der Waals surface area contributed by atoms with Crippen molar-refractivity contribution in [2.24, 2.45) is 7.05 Å². The van der Waals surface area contributed by atoms with Gasteiger partial charge in [0.2, 0.25) is 0 Å². The SMILES string of the molecule is CS/C=C(\C)n1c(=O)n(C)c2cc(F)ccc21. The van der Waals surface area contributed by atoms with Crippen LogP contribution in [0.5, 0.6) is 0 Å². The number of nitrogens with zero attached hydrogens (tertiary/aromatic N) is 2. The third-order valence-corrected chi connectivity index (χ3v) is 3.24. The van der Waals surface area contributed by atoms with E-state index < -0.39 is 0 Å². The minimum Gasteiger partial charge on any atom is -0.295 e. The first-order valence-electron chi connectivity index (χ1n) is 5.13. The van der Waals surface area contributed by atoms with E-state index in [9.17, 15) is 9.18 Å². The van der Waals surface area contributed by atoms with Crippen LogP contribution in [0.4, 0.5) is 4.39 Å². The van der Waals surface area contributed by atoms with Gasteiger partial charge in [-0.25, -0.2) is 9.18 Å². The molecule has 0 spiro atoms. The van der Waals surface area contributed by atoms with Crippen molar-refractivity contribution >= 4 is 28.5 Å². The van der Waals surface area contributed by atoms with Crippen molar-refractivity contribution in [3.63, 3.8) is 0 Å². The Morgan fingerprint density at radius 1 is 1.41 bits per heavy atom. The minimum atomic E-state index is -0.336. The molecule has 0 amide bonds. The second-order valence-electron chi connectivity index (χ2n) is 3.80. The Morgan fingerprint density at radius 2 is 2.12 bits per heavy atom. The molecule has 0 fully saturated rings. The van der Waals surface area contributed by atoms with Crippen LogP contribution in [0.3, 0.4) is 0 Å². The van der Waals surface area contributed by atoms with E-state index in [1.165, 1.54) is 28.5 Å². The predicted octanol–water partition coefficient (Wildman–Crippen LogP) is 2.66. The van der Waals surface area contributed by atoms with Crippen molar-refractivity contribution in [3.05, 3.63) is 39.9 Å². The molecule has 1 heterocycles. The molecule has 0 radical (unpaired) electrons. The van der Waals surface area contributed by atoms with E-state index in [2.05, 4.69) is 0 Å². The van der Waals surface area contributed by atoms with Crippen molar-refractivity contribution in [1.29, 1.82) is 0 Å². The van der Waals surface area contributed by atoms with E-state index in [-0.39, 0.29) is 11.5 Å². The number of hydrogen-bond donors (Lipinski definition) is 0. The van der Waals surface area contributed by atoms with Gasteiger partial charge in [-0.3, -0.25) is 9.13 Å². The molecule has 0 saturated carbocycles. The van der Waals surface area contributed by atoms with Gasteiger partial charge in [0, 0.05) is 12.7 Å².